The predicted octanol–water partition coefficient (Wildman–Crippen LogP) is 4.23. The molecule has 0 aliphatic carbocycles. The molecular formula is C23H19F3N4O4. The number of nitrogens with one attached hydrogen (secondary N) is 2. The Hall–Kier alpha value is -4.28. The summed E-state index contributed by atoms with van der Waals surface area (Å²) >= 11 is 0. The third-order valence-electron chi connectivity index (χ3n) is 5.22. The molecule has 0 saturated carbocycles. The molecule has 2 amide bonds. The maximum Gasteiger partial charge on any atom is 0.418 e. The van der Waals surface area contributed by atoms with E-state index in [0.717, 1.165) is 12.1 Å². The van der Waals surface area contributed by atoms with Gasteiger partial charge >= 0.3 is 11.9 Å². The van der Waals surface area contributed by atoms with Crippen molar-refractivity contribution in [3.63, 3.8) is 0 Å². The minimum atomic E-state index is -4.79. The van der Waals surface area contributed by atoms with Crippen LogP contribution in [-0.4, -0.2) is 20.9 Å². The van der Waals surface area contributed by atoms with E-state index >= 15 is 0 Å². The van der Waals surface area contributed by atoms with Crippen molar-refractivity contribution in [2.24, 2.45) is 7.05 Å². The zero-order chi connectivity index (χ0) is 24.5. The van der Waals surface area contributed by atoms with Crippen LogP contribution in [0.1, 0.15) is 22.5 Å². The molecule has 0 saturated heterocycles. The van der Waals surface area contributed by atoms with E-state index in [-0.39, 0.29) is 30.1 Å². The third-order valence-corrected chi connectivity index (χ3v) is 5.22. The fourth-order valence-electron chi connectivity index (χ4n) is 3.57. The van der Waals surface area contributed by atoms with Gasteiger partial charge in [-0.2, -0.15) is 13.2 Å². The molecule has 0 aliphatic rings. The van der Waals surface area contributed by atoms with Crippen LogP contribution in [0.15, 0.2) is 70.1 Å². The molecule has 2 aromatic carbocycles. The summed E-state index contributed by atoms with van der Waals surface area (Å²) in [6.45, 7) is -0.00927. The smallest absolute Gasteiger partial charge is 0.418 e. The quantitative estimate of drug-likeness (QED) is 0.439. The average molecular weight is 472 g/mol. The number of imidazole rings is 1. The first-order valence-corrected chi connectivity index (χ1v) is 10.2. The number of fused-ring (bicyclic) bond motifs is 1. The lowest BCUT2D eigenvalue weighted by molar-refractivity contribution is -0.136. The highest BCUT2D eigenvalue weighted by Gasteiger charge is 2.34. The number of amides is 2. The van der Waals surface area contributed by atoms with E-state index in [4.69, 9.17) is 4.42 Å². The van der Waals surface area contributed by atoms with Gasteiger partial charge in [0.15, 0.2) is 5.76 Å². The van der Waals surface area contributed by atoms with Gasteiger partial charge in [-0.1, -0.05) is 12.1 Å². The van der Waals surface area contributed by atoms with E-state index in [1.165, 1.54) is 33.6 Å². The number of hydrogen-bond donors (Lipinski definition) is 2. The first-order valence-electron chi connectivity index (χ1n) is 10.2. The van der Waals surface area contributed by atoms with Gasteiger partial charge in [-0.05, 0) is 42.5 Å². The number of nitrogens with zero attached hydrogens (tertiary/aromatic N) is 2. The van der Waals surface area contributed by atoms with Crippen molar-refractivity contribution in [3.05, 3.63) is 82.7 Å². The minimum absolute atomic E-state index is 0.00927. The van der Waals surface area contributed by atoms with Gasteiger partial charge in [0.25, 0.3) is 5.91 Å². The van der Waals surface area contributed by atoms with E-state index in [0.29, 0.717) is 11.0 Å². The molecule has 0 bridgehead atoms. The van der Waals surface area contributed by atoms with Crippen molar-refractivity contribution < 1.29 is 27.2 Å². The highest BCUT2D eigenvalue weighted by Crippen LogP contribution is 2.36. The minimum Gasteiger partial charge on any atom is -0.459 e. The molecule has 2 heterocycles. The van der Waals surface area contributed by atoms with E-state index in [9.17, 15) is 27.6 Å². The lowest BCUT2D eigenvalue weighted by atomic mass is 10.1. The summed E-state index contributed by atoms with van der Waals surface area (Å²) in [7, 11) is 1.60. The van der Waals surface area contributed by atoms with Crippen LogP contribution in [-0.2, 0) is 24.6 Å². The molecule has 11 heteroatoms. The SMILES string of the molecule is Cn1c(=O)n(CCC(=O)Nc2ccc(NC(=O)c3ccco3)cc2C(F)(F)F)c2ccccc21. The Balaban J connectivity index is 1.50. The number of alkyl halides is 3. The number of carbonyl (C=O) groups excluding carboxylic acids is 2. The lowest BCUT2D eigenvalue weighted by Gasteiger charge is -2.16. The topological polar surface area (TPSA) is 98.3 Å². The molecular weight excluding hydrogens is 453 g/mol. The largest absolute Gasteiger partial charge is 0.459 e. The Bertz CT molecular complexity index is 1420. The van der Waals surface area contributed by atoms with Crippen LogP contribution in [0.3, 0.4) is 0 Å². The van der Waals surface area contributed by atoms with Gasteiger partial charge in [0, 0.05) is 25.7 Å². The molecule has 0 spiro atoms. The number of furan rings is 1. The summed E-state index contributed by atoms with van der Waals surface area (Å²) in [5.41, 5.74) is -0.732. The Morgan fingerprint density at radius 2 is 1.74 bits per heavy atom. The van der Waals surface area contributed by atoms with Crippen molar-refractivity contribution in [2.75, 3.05) is 10.6 Å². The molecule has 8 nitrogen and oxygen atoms in total. The lowest BCUT2D eigenvalue weighted by Crippen LogP contribution is -2.25. The Morgan fingerprint density at radius 3 is 2.41 bits per heavy atom. The first kappa shape index (κ1) is 22.9. The maximum atomic E-state index is 13.6. The first-order chi connectivity index (χ1) is 16.1. The van der Waals surface area contributed by atoms with Gasteiger partial charge in [-0.3, -0.25) is 18.7 Å². The number of halogens is 3. The molecule has 2 N–H and O–H groups in total. The average Bonchev–Trinajstić information content (AvgIpc) is 3.41. The van der Waals surface area contributed by atoms with Gasteiger partial charge in [0.2, 0.25) is 5.91 Å². The molecule has 176 valence electrons. The Labute approximate surface area is 190 Å². The Morgan fingerprint density at radius 1 is 1.00 bits per heavy atom. The number of aryl methyl sites for hydroxylation is 2. The standard InChI is InChI=1S/C23H19F3N4O4/c1-29-17-5-2-3-6-18(17)30(22(29)33)11-10-20(31)28-16-9-8-14(13-15(16)23(24,25)26)27-21(32)19-7-4-12-34-19/h2-9,12-13H,10-11H2,1H3,(H,27,32)(H,28,31). The highest BCUT2D eigenvalue weighted by molar-refractivity contribution is 6.02. The second kappa shape index (κ2) is 8.93. The van der Waals surface area contributed by atoms with Crippen LogP contribution < -0.4 is 16.3 Å². The molecule has 0 aliphatic heterocycles. The van der Waals surface area contributed by atoms with Crippen LogP contribution >= 0.6 is 0 Å². The zero-order valence-corrected chi connectivity index (χ0v) is 17.8. The van der Waals surface area contributed by atoms with E-state index in [1.54, 1.807) is 31.3 Å². The number of carbonyl (C=O) groups is 2. The Kier molecular flexibility index (Phi) is 6.01. The second-order valence-electron chi connectivity index (χ2n) is 7.47. The van der Waals surface area contributed by atoms with Crippen LogP contribution in [0.2, 0.25) is 0 Å². The number of anilines is 2. The molecule has 2 aromatic heterocycles. The maximum absolute atomic E-state index is 13.6. The van der Waals surface area contributed by atoms with Crippen molar-refractivity contribution in [2.45, 2.75) is 19.1 Å². The fraction of sp³-hybridized carbons (Fsp3) is 0.174. The number of aromatic nitrogens is 2. The monoisotopic (exact) mass is 472 g/mol. The second-order valence-corrected chi connectivity index (χ2v) is 7.47. The summed E-state index contributed by atoms with van der Waals surface area (Å²) in [5, 5.41) is 4.58. The predicted molar refractivity (Wildman–Crippen MR) is 119 cm³/mol. The van der Waals surface area contributed by atoms with Gasteiger partial charge in [-0.25, -0.2) is 4.79 Å². The van der Waals surface area contributed by atoms with Crippen molar-refractivity contribution in [3.8, 4) is 0 Å². The van der Waals surface area contributed by atoms with Crippen LogP contribution in [0.4, 0.5) is 24.5 Å². The molecule has 34 heavy (non-hydrogen) atoms. The molecule has 0 atom stereocenters. The molecule has 0 radical (unpaired) electrons. The fourth-order valence-corrected chi connectivity index (χ4v) is 3.57. The van der Waals surface area contributed by atoms with Crippen LogP contribution in [0.5, 0.6) is 0 Å². The molecule has 0 unspecified atom stereocenters. The number of benzene rings is 2. The zero-order valence-electron chi connectivity index (χ0n) is 17.8. The number of rotatable bonds is 6. The summed E-state index contributed by atoms with van der Waals surface area (Å²) in [6.07, 6.45) is -3.75. The molecule has 4 aromatic rings. The number of para-hydroxylation sites is 2. The van der Waals surface area contributed by atoms with E-state index in [2.05, 4.69) is 10.6 Å². The summed E-state index contributed by atoms with van der Waals surface area (Å²) < 4.78 is 48.7. The highest BCUT2D eigenvalue weighted by atomic mass is 19.4. The van der Waals surface area contributed by atoms with Crippen LogP contribution in [0, 0.1) is 0 Å². The van der Waals surface area contributed by atoms with Crippen molar-refractivity contribution >= 4 is 34.2 Å². The summed E-state index contributed by atoms with van der Waals surface area (Å²) in [6, 6.07) is 12.9. The van der Waals surface area contributed by atoms with Gasteiger partial charge in [-0.15, -0.1) is 0 Å². The molecule has 4 rings (SSSR count). The van der Waals surface area contributed by atoms with E-state index in [1.807, 2.05) is 0 Å². The van der Waals surface area contributed by atoms with Gasteiger partial charge in [0.05, 0.1) is 28.5 Å². The third kappa shape index (κ3) is 4.58. The normalized spacial score (nSPS) is 11.5. The van der Waals surface area contributed by atoms with Gasteiger partial charge in [0.1, 0.15) is 0 Å². The van der Waals surface area contributed by atoms with Gasteiger partial charge < -0.3 is 15.1 Å². The molecule has 0 fully saturated rings. The number of hydrogen-bond acceptors (Lipinski definition) is 4. The van der Waals surface area contributed by atoms with Crippen LogP contribution in [0.25, 0.3) is 11.0 Å². The van der Waals surface area contributed by atoms with Crippen molar-refractivity contribution in [1.29, 1.82) is 0 Å². The van der Waals surface area contributed by atoms with Crippen molar-refractivity contribution in [1.82, 2.24) is 9.13 Å². The summed E-state index contributed by atoms with van der Waals surface area (Å²) in [5.74, 6) is -1.47. The van der Waals surface area contributed by atoms with E-state index < -0.39 is 29.2 Å². The summed E-state index contributed by atoms with van der Waals surface area (Å²) in [4.78, 5) is 37.0.